The summed E-state index contributed by atoms with van der Waals surface area (Å²) in [5.41, 5.74) is 1.18. The second kappa shape index (κ2) is 8.34. The predicted molar refractivity (Wildman–Crippen MR) is 104 cm³/mol. The van der Waals surface area contributed by atoms with Crippen molar-refractivity contribution in [3.05, 3.63) is 63.9 Å². The Labute approximate surface area is 153 Å². The monoisotopic (exact) mass is 355 g/mol. The fourth-order valence-electron chi connectivity index (χ4n) is 2.96. The molecule has 3 nitrogen and oxygen atoms in total. The molecule has 1 saturated heterocycles. The first-order chi connectivity index (χ1) is 12.1. The van der Waals surface area contributed by atoms with Gasteiger partial charge in [-0.25, -0.2) is 4.79 Å². The van der Waals surface area contributed by atoms with E-state index in [1.54, 1.807) is 0 Å². The van der Waals surface area contributed by atoms with Crippen molar-refractivity contribution >= 4 is 23.5 Å². The maximum Gasteiger partial charge on any atom is 0.407 e. The molecule has 4 heteroatoms. The molecule has 1 atom stereocenters. The highest BCUT2D eigenvalue weighted by molar-refractivity contribution is 7.12. The van der Waals surface area contributed by atoms with Gasteiger partial charge in [0.15, 0.2) is 0 Å². The van der Waals surface area contributed by atoms with E-state index in [0.29, 0.717) is 6.61 Å². The van der Waals surface area contributed by atoms with E-state index < -0.39 is 0 Å². The molecule has 2 heterocycles. The number of cyclic esters (lactones) is 1. The summed E-state index contributed by atoms with van der Waals surface area (Å²) in [6, 6.07) is 15.0. The fourth-order valence-corrected chi connectivity index (χ4v) is 3.91. The zero-order valence-corrected chi connectivity index (χ0v) is 15.5. The number of carbonyl (C=O) groups excluding carboxylic acids is 1. The molecule has 1 aromatic carbocycles. The summed E-state index contributed by atoms with van der Waals surface area (Å²) in [5.74, 6) is 0. The van der Waals surface area contributed by atoms with Gasteiger partial charge in [0.25, 0.3) is 0 Å². The van der Waals surface area contributed by atoms with Crippen LogP contribution in [0.25, 0.3) is 6.08 Å². The number of ether oxygens (including phenoxy) is 1. The van der Waals surface area contributed by atoms with Gasteiger partial charge < -0.3 is 10.1 Å². The molecule has 1 aromatic heterocycles. The first-order valence-corrected chi connectivity index (χ1v) is 9.69. The maximum atomic E-state index is 11.2. The number of hydrogen-bond acceptors (Lipinski definition) is 3. The number of carbonyl (C=O) groups is 1. The molecule has 1 aliphatic heterocycles. The van der Waals surface area contributed by atoms with Gasteiger partial charge in [0.05, 0.1) is 5.54 Å². The van der Waals surface area contributed by atoms with Gasteiger partial charge >= 0.3 is 6.09 Å². The normalized spacial score (nSPS) is 20.0. The number of benzene rings is 1. The maximum absolute atomic E-state index is 11.2. The van der Waals surface area contributed by atoms with Crippen molar-refractivity contribution in [1.82, 2.24) is 5.32 Å². The molecule has 0 aliphatic carbocycles. The first kappa shape index (κ1) is 17.7. The molecule has 1 N–H and O–H groups in total. The van der Waals surface area contributed by atoms with Crippen molar-refractivity contribution in [3.63, 3.8) is 0 Å². The lowest BCUT2D eigenvalue weighted by molar-refractivity contribution is 0.172. The summed E-state index contributed by atoms with van der Waals surface area (Å²) in [5, 5.41) is 2.90. The average molecular weight is 356 g/mol. The summed E-state index contributed by atoms with van der Waals surface area (Å²) in [7, 11) is 0. The number of rotatable bonds is 8. The highest BCUT2D eigenvalue weighted by Crippen LogP contribution is 2.24. The number of allylic oxidation sites excluding steroid dienone is 1. The van der Waals surface area contributed by atoms with E-state index in [4.69, 9.17) is 4.74 Å². The van der Waals surface area contributed by atoms with E-state index >= 15 is 0 Å². The smallest absolute Gasteiger partial charge is 0.407 e. The predicted octanol–water partition coefficient (Wildman–Crippen LogP) is 5.22. The molecule has 1 fully saturated rings. The lowest BCUT2D eigenvalue weighted by Crippen LogP contribution is -2.40. The Bertz CT molecular complexity index is 723. The summed E-state index contributed by atoms with van der Waals surface area (Å²) in [6.45, 7) is 2.50. The topological polar surface area (TPSA) is 38.3 Å². The second-order valence-electron chi connectivity index (χ2n) is 6.85. The van der Waals surface area contributed by atoms with Crippen LogP contribution in [-0.4, -0.2) is 18.2 Å². The van der Waals surface area contributed by atoms with Crippen LogP contribution in [0.2, 0.25) is 0 Å². The minimum atomic E-state index is -0.298. The van der Waals surface area contributed by atoms with Crippen LogP contribution < -0.4 is 5.32 Å². The van der Waals surface area contributed by atoms with E-state index in [2.05, 4.69) is 59.9 Å². The number of nitrogens with one attached hydrogen (secondary N) is 1. The third-order valence-electron chi connectivity index (χ3n) is 4.49. The Morgan fingerprint density at radius 1 is 1.20 bits per heavy atom. The number of alkyl carbamates (subject to hydrolysis) is 1. The van der Waals surface area contributed by atoms with E-state index in [1.165, 1.54) is 21.7 Å². The molecule has 0 spiro atoms. The zero-order valence-electron chi connectivity index (χ0n) is 14.7. The molecular formula is C21H25NO2S. The van der Waals surface area contributed by atoms with Gasteiger partial charge in [-0.05, 0) is 62.8 Å². The zero-order chi connectivity index (χ0) is 17.5. The molecule has 1 amide bonds. The molecule has 0 radical (unpaired) electrons. The highest BCUT2D eigenvalue weighted by atomic mass is 32.1. The summed E-state index contributed by atoms with van der Waals surface area (Å²) in [6.07, 6.45) is 9.47. The minimum Gasteiger partial charge on any atom is -0.447 e. The molecule has 0 saturated carbocycles. The van der Waals surface area contributed by atoms with Crippen molar-refractivity contribution < 1.29 is 9.53 Å². The Balaban J connectivity index is 1.40. The number of amides is 1. The van der Waals surface area contributed by atoms with E-state index in [1.807, 2.05) is 18.3 Å². The summed E-state index contributed by atoms with van der Waals surface area (Å²) in [4.78, 5) is 13.8. The van der Waals surface area contributed by atoms with Crippen LogP contribution >= 0.6 is 11.3 Å². The molecule has 2 aromatic rings. The molecule has 1 unspecified atom stereocenters. The number of aryl methyl sites for hydroxylation is 2. The third-order valence-corrected chi connectivity index (χ3v) is 5.60. The first-order valence-electron chi connectivity index (χ1n) is 8.87. The number of hydrogen-bond donors (Lipinski definition) is 1. The van der Waals surface area contributed by atoms with Crippen molar-refractivity contribution in [1.29, 1.82) is 0 Å². The van der Waals surface area contributed by atoms with Crippen LogP contribution in [0.5, 0.6) is 0 Å². The van der Waals surface area contributed by atoms with Gasteiger partial charge in [0, 0.05) is 9.75 Å². The van der Waals surface area contributed by atoms with Crippen molar-refractivity contribution in [2.45, 2.75) is 44.6 Å². The molecular weight excluding hydrogens is 330 g/mol. The Kier molecular flexibility index (Phi) is 5.92. The number of unbranched alkanes of at least 4 members (excludes halogenated alkanes) is 1. The largest absolute Gasteiger partial charge is 0.447 e. The quantitative estimate of drug-likeness (QED) is 0.660. The van der Waals surface area contributed by atoms with Gasteiger partial charge in [-0.2, -0.15) is 0 Å². The number of thiophene rings is 1. The van der Waals surface area contributed by atoms with Gasteiger partial charge in [-0.3, -0.25) is 0 Å². The van der Waals surface area contributed by atoms with Gasteiger partial charge in [0.2, 0.25) is 0 Å². The molecule has 132 valence electrons. The lowest BCUT2D eigenvalue weighted by atomic mass is 9.97. The Hall–Kier alpha value is -2.07. The van der Waals surface area contributed by atoms with Crippen LogP contribution in [0.3, 0.4) is 0 Å². The van der Waals surface area contributed by atoms with Crippen LogP contribution in [0, 0.1) is 0 Å². The standard InChI is InChI=1S/C21H25NO2S/c1-21(16-24-20(23)22-21)15-14-19-13-12-18(25-19)11-7-3-6-10-17-8-4-2-5-9-17/h2,4-5,7-9,11-13H,3,6,10,14-16H2,1H3,(H,22,23). The second-order valence-corrected chi connectivity index (χ2v) is 8.05. The summed E-state index contributed by atoms with van der Waals surface area (Å²) < 4.78 is 5.01. The van der Waals surface area contributed by atoms with E-state index in [-0.39, 0.29) is 11.6 Å². The SMILES string of the molecule is CC1(CCc2ccc(C=CCCCc3ccccc3)s2)COC(=O)N1. The summed E-state index contributed by atoms with van der Waals surface area (Å²) >= 11 is 1.83. The van der Waals surface area contributed by atoms with Gasteiger partial charge in [0.1, 0.15) is 6.61 Å². The molecule has 25 heavy (non-hydrogen) atoms. The van der Waals surface area contributed by atoms with Crippen LogP contribution in [-0.2, 0) is 17.6 Å². The Morgan fingerprint density at radius 2 is 2.04 bits per heavy atom. The van der Waals surface area contributed by atoms with Crippen LogP contribution in [0.15, 0.2) is 48.5 Å². The lowest BCUT2D eigenvalue weighted by Gasteiger charge is -2.19. The molecule has 1 aliphatic rings. The van der Waals surface area contributed by atoms with E-state index in [9.17, 15) is 4.79 Å². The third kappa shape index (κ3) is 5.46. The van der Waals surface area contributed by atoms with Crippen LogP contribution in [0.4, 0.5) is 4.79 Å². The average Bonchev–Trinajstić information content (AvgIpc) is 3.20. The fraction of sp³-hybridized carbons (Fsp3) is 0.381. The van der Waals surface area contributed by atoms with Gasteiger partial charge in [-0.1, -0.05) is 36.4 Å². The van der Waals surface area contributed by atoms with Crippen molar-refractivity contribution in [3.8, 4) is 0 Å². The highest BCUT2D eigenvalue weighted by Gasteiger charge is 2.34. The minimum absolute atomic E-state index is 0.228. The van der Waals surface area contributed by atoms with Crippen molar-refractivity contribution in [2.24, 2.45) is 0 Å². The van der Waals surface area contributed by atoms with Crippen LogP contribution in [0.1, 0.15) is 41.5 Å². The molecule has 0 bridgehead atoms. The van der Waals surface area contributed by atoms with Gasteiger partial charge in [-0.15, -0.1) is 11.3 Å². The molecule has 3 rings (SSSR count). The van der Waals surface area contributed by atoms with Crippen molar-refractivity contribution in [2.75, 3.05) is 6.61 Å². The van der Waals surface area contributed by atoms with E-state index in [0.717, 1.165) is 25.7 Å². The Morgan fingerprint density at radius 3 is 2.80 bits per heavy atom.